The first kappa shape index (κ1) is 14.3. The highest BCUT2D eigenvalue weighted by Crippen LogP contribution is 2.24. The predicted octanol–water partition coefficient (Wildman–Crippen LogP) is 2.76. The van der Waals surface area contributed by atoms with Crippen LogP contribution in [0, 0.1) is 10.1 Å². The molecule has 1 unspecified atom stereocenters. The van der Waals surface area contributed by atoms with Crippen LogP contribution in [0.5, 0.6) is 0 Å². The summed E-state index contributed by atoms with van der Waals surface area (Å²) in [6.07, 6.45) is 0.0589. The molecule has 0 aromatic heterocycles. The third-order valence-corrected chi connectivity index (χ3v) is 3.29. The van der Waals surface area contributed by atoms with Crippen molar-refractivity contribution in [1.29, 1.82) is 0 Å². The third-order valence-electron chi connectivity index (χ3n) is 3.29. The molecule has 1 aliphatic heterocycles. The monoisotopic (exact) mass is 278 g/mol. The van der Waals surface area contributed by atoms with Gasteiger partial charge in [-0.25, -0.2) is 4.79 Å². The highest BCUT2D eigenvalue weighted by Gasteiger charge is 2.37. The van der Waals surface area contributed by atoms with E-state index >= 15 is 0 Å². The second kappa shape index (κ2) is 5.11. The molecule has 0 bridgehead atoms. The molecule has 20 heavy (non-hydrogen) atoms. The average Bonchev–Trinajstić information content (AvgIpc) is 2.70. The molecule has 1 aliphatic rings. The summed E-state index contributed by atoms with van der Waals surface area (Å²) in [5.74, 6) is 0. The van der Waals surface area contributed by atoms with E-state index in [0.717, 1.165) is 5.56 Å². The Morgan fingerprint density at radius 3 is 2.40 bits per heavy atom. The van der Waals surface area contributed by atoms with Gasteiger partial charge in [-0.3, -0.25) is 15.0 Å². The number of carbonyl (C=O) groups is 1. The average molecular weight is 278 g/mol. The smallest absolute Gasteiger partial charge is 0.410 e. The number of amides is 1. The fourth-order valence-electron chi connectivity index (χ4n) is 2.19. The Morgan fingerprint density at radius 2 is 1.95 bits per heavy atom. The van der Waals surface area contributed by atoms with Crippen molar-refractivity contribution >= 4 is 11.8 Å². The summed E-state index contributed by atoms with van der Waals surface area (Å²) < 4.78 is 5.34. The minimum absolute atomic E-state index is 0.0634. The van der Waals surface area contributed by atoms with Crippen molar-refractivity contribution in [2.45, 2.75) is 38.8 Å². The lowest BCUT2D eigenvalue weighted by Gasteiger charge is -2.29. The Kier molecular flexibility index (Phi) is 3.65. The Morgan fingerprint density at radius 1 is 1.35 bits per heavy atom. The summed E-state index contributed by atoms with van der Waals surface area (Å²) >= 11 is 0. The van der Waals surface area contributed by atoms with E-state index in [1.54, 1.807) is 17.0 Å². The number of hydrogen-bond donors (Lipinski definition) is 0. The summed E-state index contributed by atoms with van der Waals surface area (Å²) in [6.45, 7) is 6.42. The molecule has 1 saturated heterocycles. The maximum atomic E-state index is 11.8. The van der Waals surface area contributed by atoms with Crippen LogP contribution in [0.1, 0.15) is 26.3 Å². The van der Waals surface area contributed by atoms with Crippen LogP contribution >= 0.6 is 0 Å². The van der Waals surface area contributed by atoms with Crippen LogP contribution in [0.15, 0.2) is 24.3 Å². The van der Waals surface area contributed by atoms with Crippen LogP contribution in [-0.4, -0.2) is 34.1 Å². The number of rotatable bonds is 3. The van der Waals surface area contributed by atoms with Gasteiger partial charge in [0.1, 0.15) is 6.10 Å². The molecule has 1 atom stereocenters. The van der Waals surface area contributed by atoms with Crippen LogP contribution in [0.3, 0.4) is 0 Å². The summed E-state index contributed by atoms with van der Waals surface area (Å²) in [5.41, 5.74) is 0.721. The van der Waals surface area contributed by atoms with Gasteiger partial charge in [0.25, 0.3) is 5.69 Å². The number of nitro groups is 1. The number of cyclic esters (lactones) is 1. The minimum atomic E-state index is -0.430. The van der Waals surface area contributed by atoms with Gasteiger partial charge in [0.2, 0.25) is 0 Å². The van der Waals surface area contributed by atoms with Gasteiger partial charge in [-0.05, 0) is 26.3 Å². The zero-order chi connectivity index (χ0) is 14.9. The van der Waals surface area contributed by atoms with E-state index in [-0.39, 0.29) is 23.4 Å². The molecule has 1 aromatic carbocycles. The lowest BCUT2D eigenvalue weighted by molar-refractivity contribution is -0.384. The zero-order valence-corrected chi connectivity index (χ0v) is 11.8. The summed E-state index contributed by atoms with van der Waals surface area (Å²) in [7, 11) is 0. The van der Waals surface area contributed by atoms with Gasteiger partial charge in [0.15, 0.2) is 0 Å². The normalized spacial score (nSPS) is 19.1. The van der Waals surface area contributed by atoms with Crippen LogP contribution in [0.25, 0.3) is 0 Å². The Labute approximate surface area is 117 Å². The second-order valence-electron chi connectivity index (χ2n) is 5.91. The predicted molar refractivity (Wildman–Crippen MR) is 73.5 cm³/mol. The lowest BCUT2D eigenvalue weighted by atomic mass is 10.0. The summed E-state index contributed by atoms with van der Waals surface area (Å²) in [5, 5.41) is 10.6. The van der Waals surface area contributed by atoms with E-state index in [2.05, 4.69) is 0 Å². The molecule has 0 N–H and O–H groups in total. The molecule has 6 heteroatoms. The molecule has 0 saturated carbocycles. The van der Waals surface area contributed by atoms with Crippen molar-refractivity contribution in [2.24, 2.45) is 0 Å². The molecule has 0 radical (unpaired) electrons. The molecule has 0 aliphatic carbocycles. The largest absolute Gasteiger partial charge is 0.444 e. The molecule has 1 amide bonds. The number of hydrogen-bond acceptors (Lipinski definition) is 4. The fraction of sp³-hybridized carbons (Fsp3) is 0.500. The molecular formula is C14H18N2O4. The first-order chi connectivity index (χ1) is 9.27. The molecular weight excluding hydrogens is 260 g/mol. The molecule has 6 nitrogen and oxygen atoms in total. The van der Waals surface area contributed by atoms with Gasteiger partial charge >= 0.3 is 6.09 Å². The fourth-order valence-corrected chi connectivity index (χ4v) is 2.19. The number of carbonyl (C=O) groups excluding carboxylic acids is 1. The highest BCUT2D eigenvalue weighted by atomic mass is 16.6. The first-order valence-electron chi connectivity index (χ1n) is 6.49. The Bertz CT molecular complexity index is 519. The van der Waals surface area contributed by atoms with E-state index in [4.69, 9.17) is 4.74 Å². The molecule has 1 heterocycles. The van der Waals surface area contributed by atoms with Gasteiger partial charge in [-0.1, -0.05) is 12.1 Å². The van der Waals surface area contributed by atoms with Gasteiger partial charge in [-0.2, -0.15) is 0 Å². The third kappa shape index (κ3) is 3.07. The summed E-state index contributed by atoms with van der Waals surface area (Å²) in [4.78, 5) is 23.6. The number of nitro benzene ring substituents is 1. The number of benzene rings is 1. The number of non-ortho nitro benzene ring substituents is 1. The maximum Gasteiger partial charge on any atom is 0.410 e. The van der Waals surface area contributed by atoms with E-state index in [1.807, 2.05) is 20.8 Å². The lowest BCUT2D eigenvalue weighted by Crippen LogP contribution is -2.42. The van der Waals surface area contributed by atoms with E-state index in [1.165, 1.54) is 12.1 Å². The first-order valence-corrected chi connectivity index (χ1v) is 6.49. The van der Waals surface area contributed by atoms with E-state index in [9.17, 15) is 14.9 Å². The van der Waals surface area contributed by atoms with E-state index in [0.29, 0.717) is 13.0 Å². The SMILES string of the molecule is CC(C)(C)N1CC(Cc2ccc([N+](=O)[O-])cc2)OC1=O. The highest BCUT2D eigenvalue weighted by molar-refractivity contribution is 5.70. The maximum absolute atomic E-state index is 11.8. The van der Waals surface area contributed by atoms with Crippen molar-refractivity contribution < 1.29 is 14.5 Å². The molecule has 1 aromatic rings. The molecule has 1 fully saturated rings. The van der Waals surface area contributed by atoms with Crippen LogP contribution < -0.4 is 0 Å². The molecule has 108 valence electrons. The van der Waals surface area contributed by atoms with Crippen molar-refractivity contribution in [3.8, 4) is 0 Å². The number of nitrogens with zero attached hydrogens (tertiary/aromatic N) is 2. The topological polar surface area (TPSA) is 72.7 Å². The quantitative estimate of drug-likeness (QED) is 0.629. The summed E-state index contributed by atoms with van der Waals surface area (Å²) in [6, 6.07) is 6.33. The van der Waals surface area contributed by atoms with Gasteiger partial charge in [0.05, 0.1) is 11.5 Å². The van der Waals surface area contributed by atoms with Gasteiger partial charge in [-0.15, -0.1) is 0 Å². The molecule has 2 rings (SSSR count). The number of ether oxygens (including phenoxy) is 1. The van der Waals surface area contributed by atoms with Crippen LogP contribution in [0.2, 0.25) is 0 Å². The van der Waals surface area contributed by atoms with Crippen molar-refractivity contribution in [3.63, 3.8) is 0 Å². The second-order valence-corrected chi connectivity index (χ2v) is 5.91. The standard InChI is InChI=1S/C14H18N2O4/c1-14(2,3)15-9-12(20-13(15)17)8-10-4-6-11(7-5-10)16(18)19/h4-7,12H,8-9H2,1-3H3. The van der Waals surface area contributed by atoms with Crippen LogP contribution in [0.4, 0.5) is 10.5 Å². The molecule has 0 spiro atoms. The zero-order valence-electron chi connectivity index (χ0n) is 11.8. The van der Waals surface area contributed by atoms with Gasteiger partial charge in [0, 0.05) is 24.1 Å². The van der Waals surface area contributed by atoms with Crippen molar-refractivity contribution in [1.82, 2.24) is 4.90 Å². The van der Waals surface area contributed by atoms with E-state index < -0.39 is 4.92 Å². The van der Waals surface area contributed by atoms with Crippen LogP contribution in [-0.2, 0) is 11.2 Å². The Balaban J connectivity index is 2.01. The van der Waals surface area contributed by atoms with Crippen molar-refractivity contribution in [2.75, 3.05) is 6.54 Å². The van der Waals surface area contributed by atoms with Gasteiger partial charge < -0.3 is 4.74 Å². The minimum Gasteiger partial charge on any atom is -0.444 e. The Hall–Kier alpha value is -2.11. The van der Waals surface area contributed by atoms with Crippen molar-refractivity contribution in [3.05, 3.63) is 39.9 Å².